The number of carbonyl (C=O) groups excluding carboxylic acids is 2. The van der Waals surface area contributed by atoms with Crippen LogP contribution in [0.3, 0.4) is 0 Å². The van der Waals surface area contributed by atoms with Gasteiger partial charge in [0.1, 0.15) is 11.4 Å². The molecule has 0 radical (unpaired) electrons. The van der Waals surface area contributed by atoms with Gasteiger partial charge in [-0.05, 0) is 54.1 Å². The van der Waals surface area contributed by atoms with Gasteiger partial charge in [-0.2, -0.15) is 0 Å². The van der Waals surface area contributed by atoms with Gasteiger partial charge in [0.15, 0.2) is 0 Å². The van der Waals surface area contributed by atoms with Crippen molar-refractivity contribution >= 4 is 56.8 Å². The second-order valence-electron chi connectivity index (χ2n) is 6.67. The zero-order valence-electron chi connectivity index (χ0n) is 17.2. The van der Waals surface area contributed by atoms with Crippen LogP contribution in [0.15, 0.2) is 76.9 Å². The summed E-state index contributed by atoms with van der Waals surface area (Å²) < 4.78 is 5.91. The number of nitrogens with one attached hydrogen (secondary N) is 2. The van der Waals surface area contributed by atoms with Crippen molar-refractivity contribution in [1.29, 1.82) is 0 Å². The predicted molar refractivity (Wildman–Crippen MR) is 129 cm³/mol. The standard InChI is InChI=1S/C23H17BrClN3O5/c1-33-18-9-10-19(20(25)13-18)22(29)27-21(12-14-3-2-4-17(11-14)28(31)32)23(30)26-16-7-5-15(24)6-8-16/h2-13H,1H3,(H,26,30)(H,27,29). The molecule has 0 saturated carbocycles. The van der Waals surface area contributed by atoms with E-state index in [0.717, 1.165) is 4.47 Å². The normalized spacial score (nSPS) is 10.9. The third-order valence-corrected chi connectivity index (χ3v) is 5.25. The highest BCUT2D eigenvalue weighted by Gasteiger charge is 2.18. The fourth-order valence-corrected chi connectivity index (χ4v) is 3.30. The zero-order valence-corrected chi connectivity index (χ0v) is 19.5. The molecule has 0 fully saturated rings. The lowest BCUT2D eigenvalue weighted by Crippen LogP contribution is -2.31. The molecule has 2 N–H and O–H groups in total. The maximum Gasteiger partial charge on any atom is 0.272 e. The summed E-state index contributed by atoms with van der Waals surface area (Å²) in [5, 5.41) is 16.5. The first-order valence-corrected chi connectivity index (χ1v) is 10.6. The van der Waals surface area contributed by atoms with Crippen LogP contribution >= 0.6 is 27.5 Å². The number of non-ortho nitro benzene ring substituents is 1. The van der Waals surface area contributed by atoms with Crippen molar-refractivity contribution in [2.45, 2.75) is 0 Å². The number of halogens is 2. The summed E-state index contributed by atoms with van der Waals surface area (Å²) in [6.07, 6.45) is 1.34. The fraction of sp³-hybridized carbons (Fsp3) is 0.0435. The smallest absolute Gasteiger partial charge is 0.272 e. The topological polar surface area (TPSA) is 111 Å². The Morgan fingerprint density at radius 1 is 1.09 bits per heavy atom. The molecule has 0 aromatic heterocycles. The number of amides is 2. The number of nitrogens with zero attached hydrogens (tertiary/aromatic N) is 1. The molecule has 0 spiro atoms. The molecule has 0 heterocycles. The van der Waals surface area contributed by atoms with E-state index in [9.17, 15) is 19.7 Å². The molecular formula is C23H17BrClN3O5. The summed E-state index contributed by atoms with van der Waals surface area (Å²) in [6.45, 7) is 0. The van der Waals surface area contributed by atoms with Gasteiger partial charge in [-0.3, -0.25) is 19.7 Å². The first-order chi connectivity index (χ1) is 15.8. The Morgan fingerprint density at radius 2 is 1.82 bits per heavy atom. The summed E-state index contributed by atoms with van der Waals surface area (Å²) in [5.74, 6) is -0.788. The number of methoxy groups -OCH3 is 1. The SMILES string of the molecule is COc1ccc(C(=O)NC(=Cc2cccc([N+](=O)[O-])c2)C(=O)Nc2ccc(Br)cc2)c(Cl)c1. The van der Waals surface area contributed by atoms with Crippen LogP contribution in [0.2, 0.25) is 5.02 Å². The van der Waals surface area contributed by atoms with Crippen molar-refractivity contribution in [2.75, 3.05) is 12.4 Å². The quantitative estimate of drug-likeness (QED) is 0.240. The Bertz CT molecular complexity index is 1250. The van der Waals surface area contributed by atoms with E-state index in [-0.39, 0.29) is 22.0 Å². The second kappa shape index (κ2) is 10.8. The number of hydrogen-bond donors (Lipinski definition) is 2. The van der Waals surface area contributed by atoms with E-state index in [1.165, 1.54) is 43.5 Å². The number of rotatable bonds is 7. The van der Waals surface area contributed by atoms with Crippen LogP contribution in [0.4, 0.5) is 11.4 Å². The first-order valence-electron chi connectivity index (χ1n) is 9.45. The molecular weight excluding hydrogens is 514 g/mol. The van der Waals surface area contributed by atoms with E-state index in [1.807, 2.05) is 0 Å². The Labute approximate surface area is 202 Å². The Hall–Kier alpha value is -3.69. The highest BCUT2D eigenvalue weighted by atomic mass is 79.9. The molecule has 0 atom stereocenters. The van der Waals surface area contributed by atoms with Gasteiger partial charge in [0.25, 0.3) is 17.5 Å². The summed E-state index contributed by atoms with van der Waals surface area (Å²) in [7, 11) is 1.47. The van der Waals surface area contributed by atoms with Crippen molar-refractivity contribution in [1.82, 2.24) is 5.32 Å². The molecule has 0 aliphatic rings. The van der Waals surface area contributed by atoms with Crippen LogP contribution in [-0.4, -0.2) is 23.8 Å². The average Bonchev–Trinajstić information content (AvgIpc) is 2.80. The number of anilines is 1. The Morgan fingerprint density at radius 3 is 2.45 bits per heavy atom. The van der Waals surface area contributed by atoms with E-state index in [2.05, 4.69) is 26.6 Å². The molecule has 0 unspecified atom stereocenters. The average molecular weight is 531 g/mol. The number of carbonyl (C=O) groups is 2. The van der Waals surface area contributed by atoms with Crippen LogP contribution in [0.5, 0.6) is 5.75 Å². The number of ether oxygens (including phenoxy) is 1. The zero-order chi connectivity index (χ0) is 24.0. The Kier molecular flexibility index (Phi) is 7.81. The van der Waals surface area contributed by atoms with Gasteiger partial charge in [0.2, 0.25) is 0 Å². The van der Waals surface area contributed by atoms with E-state index >= 15 is 0 Å². The van der Waals surface area contributed by atoms with Crippen molar-refractivity contribution in [3.8, 4) is 5.75 Å². The summed E-state index contributed by atoms with van der Waals surface area (Å²) >= 11 is 9.51. The highest BCUT2D eigenvalue weighted by Crippen LogP contribution is 2.23. The van der Waals surface area contributed by atoms with E-state index in [4.69, 9.17) is 16.3 Å². The minimum atomic E-state index is -0.634. The fourth-order valence-electron chi connectivity index (χ4n) is 2.78. The summed E-state index contributed by atoms with van der Waals surface area (Å²) in [4.78, 5) is 36.4. The third-order valence-electron chi connectivity index (χ3n) is 4.41. The van der Waals surface area contributed by atoms with Gasteiger partial charge in [0.05, 0.1) is 22.6 Å². The largest absolute Gasteiger partial charge is 0.497 e. The Balaban J connectivity index is 1.94. The van der Waals surface area contributed by atoms with Crippen LogP contribution in [0.25, 0.3) is 6.08 Å². The van der Waals surface area contributed by atoms with Gasteiger partial charge in [-0.15, -0.1) is 0 Å². The number of nitro groups is 1. The second-order valence-corrected chi connectivity index (χ2v) is 7.99. The van der Waals surface area contributed by atoms with Gasteiger partial charge >= 0.3 is 0 Å². The van der Waals surface area contributed by atoms with Crippen molar-refractivity contribution in [3.05, 3.63) is 103 Å². The molecule has 0 aliphatic heterocycles. The van der Waals surface area contributed by atoms with Crippen molar-refractivity contribution in [3.63, 3.8) is 0 Å². The molecule has 0 bridgehead atoms. The minimum Gasteiger partial charge on any atom is -0.497 e. The molecule has 2 amide bonds. The lowest BCUT2D eigenvalue weighted by molar-refractivity contribution is -0.384. The molecule has 3 aromatic carbocycles. The summed E-state index contributed by atoms with van der Waals surface area (Å²) in [6, 6.07) is 17.0. The van der Waals surface area contributed by atoms with Gasteiger partial charge in [-0.25, -0.2) is 0 Å². The molecule has 3 aromatic rings. The van der Waals surface area contributed by atoms with Gasteiger partial charge in [-0.1, -0.05) is 39.7 Å². The van der Waals surface area contributed by atoms with E-state index < -0.39 is 16.7 Å². The molecule has 168 valence electrons. The van der Waals surface area contributed by atoms with E-state index in [0.29, 0.717) is 17.0 Å². The predicted octanol–water partition coefficient (Wildman–Crippen LogP) is 5.43. The monoisotopic (exact) mass is 529 g/mol. The molecule has 8 nitrogen and oxygen atoms in total. The number of nitro benzene ring substituents is 1. The first kappa shape index (κ1) is 24.0. The van der Waals surface area contributed by atoms with Gasteiger partial charge < -0.3 is 15.4 Å². The molecule has 0 aliphatic carbocycles. The van der Waals surface area contributed by atoms with Crippen molar-refractivity contribution < 1.29 is 19.2 Å². The van der Waals surface area contributed by atoms with Gasteiger partial charge in [0, 0.05) is 22.3 Å². The summed E-state index contributed by atoms with van der Waals surface area (Å²) in [5.41, 5.74) is 0.686. The van der Waals surface area contributed by atoms with Crippen LogP contribution in [-0.2, 0) is 4.79 Å². The molecule has 0 saturated heterocycles. The third kappa shape index (κ3) is 6.41. The molecule has 33 heavy (non-hydrogen) atoms. The van der Waals surface area contributed by atoms with Crippen molar-refractivity contribution in [2.24, 2.45) is 0 Å². The maximum atomic E-state index is 13.0. The van der Waals surface area contributed by atoms with Crippen LogP contribution in [0.1, 0.15) is 15.9 Å². The number of benzene rings is 3. The van der Waals surface area contributed by atoms with Crippen LogP contribution < -0.4 is 15.4 Å². The lowest BCUT2D eigenvalue weighted by Gasteiger charge is -2.12. The maximum absolute atomic E-state index is 13.0. The highest BCUT2D eigenvalue weighted by molar-refractivity contribution is 9.10. The molecule has 10 heteroatoms. The van der Waals surface area contributed by atoms with E-state index in [1.54, 1.807) is 36.4 Å². The van der Waals surface area contributed by atoms with Crippen LogP contribution in [0, 0.1) is 10.1 Å². The molecule has 3 rings (SSSR count). The minimum absolute atomic E-state index is 0.124. The lowest BCUT2D eigenvalue weighted by atomic mass is 10.1. The number of hydrogen-bond acceptors (Lipinski definition) is 5.